The molecule has 11 nitrogen and oxygen atoms in total. The molecule has 3 fully saturated rings. The van der Waals surface area contributed by atoms with Gasteiger partial charge in [0, 0.05) is 12.1 Å². The Balaban J connectivity index is 1.45. The first-order valence-corrected chi connectivity index (χ1v) is 9.35. The summed E-state index contributed by atoms with van der Waals surface area (Å²) in [5.74, 6) is -3.54. The van der Waals surface area contributed by atoms with E-state index in [4.69, 9.17) is 0 Å². The Hall–Kier alpha value is -3.37. The van der Waals surface area contributed by atoms with Crippen molar-refractivity contribution in [2.45, 2.75) is 31.5 Å². The number of rotatable bonds is 4. The van der Waals surface area contributed by atoms with Crippen LogP contribution in [0.4, 0.5) is 11.4 Å². The van der Waals surface area contributed by atoms with E-state index in [1.54, 1.807) is 17.1 Å². The van der Waals surface area contributed by atoms with Crippen LogP contribution >= 0.6 is 0 Å². The van der Waals surface area contributed by atoms with Crippen molar-refractivity contribution >= 4 is 29.2 Å². The lowest BCUT2D eigenvalue weighted by Crippen LogP contribution is -2.47. The van der Waals surface area contributed by atoms with E-state index in [-0.39, 0.29) is 29.6 Å². The third-order valence-electron chi connectivity index (χ3n) is 6.76. The fourth-order valence-corrected chi connectivity index (χ4v) is 5.55. The van der Waals surface area contributed by atoms with Gasteiger partial charge in [-0.05, 0) is 37.3 Å². The lowest BCUT2D eigenvalue weighted by molar-refractivity contribution is -0.384. The van der Waals surface area contributed by atoms with Crippen LogP contribution in [0.3, 0.4) is 0 Å². The summed E-state index contributed by atoms with van der Waals surface area (Å²) in [6.45, 7) is 1.34. The number of anilines is 1. The van der Waals surface area contributed by atoms with E-state index in [9.17, 15) is 29.6 Å². The Morgan fingerprint density at radius 2 is 1.83 bits per heavy atom. The molecule has 11 heteroatoms. The van der Waals surface area contributed by atoms with Crippen molar-refractivity contribution in [3.63, 3.8) is 0 Å². The second-order valence-corrected chi connectivity index (χ2v) is 7.98. The van der Waals surface area contributed by atoms with Crippen LogP contribution in [-0.2, 0) is 14.4 Å². The highest BCUT2D eigenvalue weighted by molar-refractivity contribution is 6.08. The van der Waals surface area contributed by atoms with E-state index in [1.807, 2.05) is 0 Å². The minimum atomic E-state index is -1.22. The standard InChI is InChI=1S/C18H17N5O6/c1-7(18(26)27)21-16(24)12-10-6-11(13(12)17(21)25)15-14(10)19-20-22(15)8-2-4-9(5-3-8)23(28)29/h2-5,7,10-15H,6H2,1H3,(H,26,27)/t7-,10-,11+,12-,13+,14+,15-/m1/s1. The first-order chi connectivity index (χ1) is 13.8. The largest absolute Gasteiger partial charge is 0.480 e. The average Bonchev–Trinajstić information content (AvgIpc) is 3.41. The summed E-state index contributed by atoms with van der Waals surface area (Å²) in [7, 11) is 0. The van der Waals surface area contributed by atoms with E-state index in [2.05, 4.69) is 10.3 Å². The van der Waals surface area contributed by atoms with Crippen molar-refractivity contribution in [3.05, 3.63) is 34.4 Å². The second-order valence-electron chi connectivity index (χ2n) is 7.98. The van der Waals surface area contributed by atoms with Crippen LogP contribution in [0.15, 0.2) is 34.6 Å². The highest BCUT2D eigenvalue weighted by Crippen LogP contribution is 2.60. The Kier molecular flexibility index (Phi) is 3.55. The number of imide groups is 1. The number of nitrogens with zero attached hydrogens (tertiary/aromatic N) is 5. The smallest absolute Gasteiger partial charge is 0.326 e. The molecule has 0 aromatic heterocycles. The molecule has 1 N–H and O–H groups in total. The number of amides is 2. The summed E-state index contributed by atoms with van der Waals surface area (Å²) in [4.78, 5) is 48.5. The van der Waals surface area contributed by atoms with Crippen molar-refractivity contribution < 1.29 is 24.4 Å². The van der Waals surface area contributed by atoms with Crippen molar-refractivity contribution in [3.8, 4) is 0 Å². The Bertz CT molecular complexity index is 977. The maximum Gasteiger partial charge on any atom is 0.326 e. The third-order valence-corrected chi connectivity index (χ3v) is 6.76. The van der Waals surface area contributed by atoms with Crippen LogP contribution in [-0.4, -0.2) is 50.8 Å². The van der Waals surface area contributed by atoms with E-state index in [0.29, 0.717) is 12.1 Å². The summed E-state index contributed by atoms with van der Waals surface area (Å²) in [5, 5.41) is 30.4. The zero-order valence-electron chi connectivity index (χ0n) is 15.3. The zero-order valence-corrected chi connectivity index (χ0v) is 15.3. The molecule has 2 aliphatic carbocycles. The predicted octanol–water partition coefficient (Wildman–Crippen LogP) is 1.24. The lowest BCUT2D eigenvalue weighted by Gasteiger charge is -2.33. The van der Waals surface area contributed by atoms with Crippen LogP contribution in [0.2, 0.25) is 0 Å². The van der Waals surface area contributed by atoms with Crippen molar-refractivity contribution in [2.75, 3.05) is 5.01 Å². The van der Waals surface area contributed by atoms with Gasteiger partial charge in [-0.3, -0.25) is 24.6 Å². The number of aliphatic carboxylic acids is 1. The fraction of sp³-hybridized carbons (Fsp3) is 0.500. The molecule has 2 saturated carbocycles. The van der Waals surface area contributed by atoms with Crippen molar-refractivity contribution in [1.29, 1.82) is 0 Å². The number of hydrogen-bond acceptors (Lipinski definition) is 8. The van der Waals surface area contributed by atoms with Gasteiger partial charge < -0.3 is 5.11 Å². The molecule has 29 heavy (non-hydrogen) atoms. The zero-order chi connectivity index (χ0) is 20.6. The molecule has 1 saturated heterocycles. The molecule has 2 bridgehead atoms. The number of likely N-dealkylation sites (tertiary alicyclic amines) is 1. The molecule has 2 aliphatic heterocycles. The molecule has 0 radical (unpaired) electrons. The van der Waals surface area contributed by atoms with Gasteiger partial charge >= 0.3 is 5.97 Å². The summed E-state index contributed by atoms with van der Waals surface area (Å²) >= 11 is 0. The van der Waals surface area contributed by atoms with E-state index in [1.165, 1.54) is 19.1 Å². The average molecular weight is 399 g/mol. The second kappa shape index (κ2) is 5.82. The molecule has 150 valence electrons. The number of carboxylic acids is 1. The van der Waals surface area contributed by atoms with Gasteiger partial charge in [-0.2, -0.15) is 5.11 Å². The molecule has 0 spiro atoms. The number of fused-ring (bicyclic) bond motifs is 8. The number of carbonyl (C=O) groups is 3. The molecule has 0 unspecified atom stereocenters. The number of carbonyl (C=O) groups excluding carboxylic acids is 2. The molecule has 2 amide bonds. The Morgan fingerprint density at radius 1 is 1.21 bits per heavy atom. The summed E-state index contributed by atoms with van der Waals surface area (Å²) < 4.78 is 0. The van der Waals surface area contributed by atoms with E-state index in [0.717, 1.165) is 4.90 Å². The van der Waals surface area contributed by atoms with Gasteiger partial charge in [0.15, 0.2) is 0 Å². The van der Waals surface area contributed by atoms with Crippen LogP contribution in [0.1, 0.15) is 13.3 Å². The quantitative estimate of drug-likeness (QED) is 0.455. The monoisotopic (exact) mass is 399 g/mol. The summed E-state index contributed by atoms with van der Waals surface area (Å²) in [5.41, 5.74) is 0.591. The first kappa shape index (κ1) is 17.7. The number of hydrogen-bond donors (Lipinski definition) is 1. The van der Waals surface area contributed by atoms with Gasteiger partial charge in [0.2, 0.25) is 11.8 Å². The highest BCUT2D eigenvalue weighted by Gasteiger charge is 2.70. The number of nitro benzene ring substituents is 1. The van der Waals surface area contributed by atoms with Crippen LogP contribution in [0.25, 0.3) is 0 Å². The molecule has 7 atom stereocenters. The first-order valence-electron chi connectivity index (χ1n) is 9.35. The van der Waals surface area contributed by atoms with Crippen molar-refractivity contribution in [2.24, 2.45) is 34.0 Å². The molecule has 2 heterocycles. The Labute approximate surface area is 164 Å². The highest BCUT2D eigenvalue weighted by atomic mass is 16.6. The van der Waals surface area contributed by atoms with E-state index >= 15 is 0 Å². The van der Waals surface area contributed by atoms with Gasteiger partial charge in [0.05, 0.1) is 34.5 Å². The summed E-state index contributed by atoms with van der Waals surface area (Å²) in [6.07, 6.45) is 0.653. The fourth-order valence-electron chi connectivity index (χ4n) is 5.55. The normalized spacial score (nSPS) is 35.2. The van der Waals surface area contributed by atoms with Gasteiger partial charge in [0.1, 0.15) is 6.04 Å². The summed E-state index contributed by atoms with van der Waals surface area (Å²) in [6, 6.07) is 4.26. The minimum absolute atomic E-state index is 0.0377. The number of carboxylic acid groups (broad SMARTS) is 1. The third kappa shape index (κ3) is 2.21. The van der Waals surface area contributed by atoms with Crippen LogP contribution < -0.4 is 5.01 Å². The number of nitro groups is 1. The minimum Gasteiger partial charge on any atom is -0.480 e. The molecule has 1 aromatic rings. The molecular formula is C18H17N5O6. The van der Waals surface area contributed by atoms with Gasteiger partial charge in [-0.1, -0.05) is 5.22 Å². The van der Waals surface area contributed by atoms with E-state index < -0.39 is 40.6 Å². The van der Waals surface area contributed by atoms with Gasteiger partial charge in [-0.25, -0.2) is 9.80 Å². The number of benzene rings is 1. The maximum atomic E-state index is 13.0. The molecular weight excluding hydrogens is 382 g/mol. The maximum absolute atomic E-state index is 13.0. The number of non-ortho nitro benzene ring substituents is 1. The lowest BCUT2D eigenvalue weighted by atomic mass is 9.76. The molecule has 4 aliphatic rings. The van der Waals surface area contributed by atoms with Gasteiger partial charge in [0.25, 0.3) is 5.69 Å². The van der Waals surface area contributed by atoms with Crippen molar-refractivity contribution in [1.82, 2.24) is 4.90 Å². The van der Waals surface area contributed by atoms with Crippen LogP contribution in [0, 0.1) is 33.8 Å². The topological polar surface area (TPSA) is 146 Å². The van der Waals surface area contributed by atoms with Crippen LogP contribution in [0.5, 0.6) is 0 Å². The molecule has 1 aromatic carbocycles. The predicted molar refractivity (Wildman–Crippen MR) is 95.5 cm³/mol. The Morgan fingerprint density at radius 3 is 2.41 bits per heavy atom. The molecule has 5 rings (SSSR count). The SMILES string of the molecule is C[C@H](C(=O)O)N1C(=O)[C@@H]2[C@H]3C[C@@H]([C@@H]2C1=O)[C@@H]1[C@H]3N=NN1c1ccc([N+](=O)[O-])cc1. The van der Waals surface area contributed by atoms with Gasteiger partial charge in [-0.15, -0.1) is 0 Å².